The Morgan fingerprint density at radius 1 is 1.50 bits per heavy atom. The number of carbonyl (C=O) groups is 2. The molecule has 1 aromatic rings. The maximum Gasteiger partial charge on any atom is 0.326 e. The van der Waals surface area contributed by atoms with Crippen LogP contribution < -0.4 is 5.32 Å². The minimum Gasteiger partial charge on any atom is -0.480 e. The van der Waals surface area contributed by atoms with Gasteiger partial charge < -0.3 is 10.4 Å². The van der Waals surface area contributed by atoms with Crippen molar-refractivity contribution in [3.05, 3.63) is 17.5 Å². The first-order chi connectivity index (χ1) is 8.38. The molecule has 0 saturated heterocycles. The van der Waals surface area contributed by atoms with Crippen molar-refractivity contribution in [3.8, 4) is 0 Å². The van der Waals surface area contributed by atoms with Crippen LogP contribution in [0.15, 0.2) is 6.20 Å². The summed E-state index contributed by atoms with van der Waals surface area (Å²) in [5, 5.41) is 15.5. The molecule has 1 heterocycles. The molecule has 6 heteroatoms. The second-order valence-electron chi connectivity index (χ2n) is 4.45. The average molecular weight is 253 g/mol. The molecule has 0 fully saturated rings. The van der Waals surface area contributed by atoms with Crippen LogP contribution >= 0.6 is 0 Å². The van der Waals surface area contributed by atoms with E-state index in [2.05, 4.69) is 10.4 Å². The maximum absolute atomic E-state index is 11.9. The molecule has 18 heavy (non-hydrogen) atoms. The molecule has 2 N–H and O–H groups in total. The van der Waals surface area contributed by atoms with Gasteiger partial charge in [0.1, 0.15) is 6.04 Å². The summed E-state index contributed by atoms with van der Waals surface area (Å²) in [4.78, 5) is 22.8. The van der Waals surface area contributed by atoms with Crippen molar-refractivity contribution in [2.45, 2.75) is 46.2 Å². The maximum atomic E-state index is 11.9. The highest BCUT2D eigenvalue weighted by Crippen LogP contribution is 2.12. The van der Waals surface area contributed by atoms with E-state index in [0.29, 0.717) is 12.0 Å². The molecule has 0 saturated carbocycles. The van der Waals surface area contributed by atoms with Crippen LogP contribution in [0.5, 0.6) is 0 Å². The van der Waals surface area contributed by atoms with Gasteiger partial charge in [-0.3, -0.25) is 9.48 Å². The van der Waals surface area contributed by atoms with Gasteiger partial charge in [0.25, 0.3) is 5.91 Å². The van der Waals surface area contributed by atoms with E-state index in [4.69, 9.17) is 5.11 Å². The van der Waals surface area contributed by atoms with Crippen LogP contribution in [0.25, 0.3) is 0 Å². The number of nitrogens with one attached hydrogen (secondary N) is 1. The number of carboxylic acids is 1. The van der Waals surface area contributed by atoms with Gasteiger partial charge in [0, 0.05) is 11.7 Å². The molecule has 0 aliphatic rings. The standard InChI is InChI=1S/C12H19N3O3/c1-5-10(12(17)18)14-11(16)9-6-13-15(7(2)3)8(9)4/h6-7,10H,5H2,1-4H3,(H,14,16)(H,17,18). The lowest BCUT2D eigenvalue weighted by atomic mass is 10.2. The van der Waals surface area contributed by atoms with Crippen LogP contribution in [0.1, 0.15) is 49.3 Å². The number of carboxylic acid groups (broad SMARTS) is 1. The van der Waals surface area contributed by atoms with Crippen LogP contribution in [-0.4, -0.2) is 32.8 Å². The Hall–Kier alpha value is -1.85. The lowest BCUT2D eigenvalue weighted by molar-refractivity contribution is -0.139. The van der Waals surface area contributed by atoms with Crippen LogP contribution in [0.3, 0.4) is 0 Å². The van der Waals surface area contributed by atoms with Gasteiger partial charge in [-0.2, -0.15) is 5.10 Å². The molecule has 0 aliphatic heterocycles. The van der Waals surface area contributed by atoms with Gasteiger partial charge >= 0.3 is 5.97 Å². The summed E-state index contributed by atoms with van der Waals surface area (Å²) in [6, 6.07) is -0.702. The van der Waals surface area contributed by atoms with Crippen LogP contribution in [0.2, 0.25) is 0 Å². The smallest absolute Gasteiger partial charge is 0.326 e. The van der Waals surface area contributed by atoms with E-state index >= 15 is 0 Å². The number of rotatable bonds is 5. The summed E-state index contributed by atoms with van der Waals surface area (Å²) in [6.07, 6.45) is 1.82. The van der Waals surface area contributed by atoms with Crippen LogP contribution in [-0.2, 0) is 4.79 Å². The van der Waals surface area contributed by atoms with Gasteiger partial charge in [-0.15, -0.1) is 0 Å². The molecule has 1 rings (SSSR count). The van der Waals surface area contributed by atoms with Crippen molar-refractivity contribution in [2.75, 3.05) is 0 Å². The molecule has 100 valence electrons. The van der Waals surface area contributed by atoms with Crippen molar-refractivity contribution < 1.29 is 14.7 Å². The van der Waals surface area contributed by atoms with E-state index < -0.39 is 17.9 Å². The number of amides is 1. The summed E-state index contributed by atoms with van der Waals surface area (Å²) in [5.74, 6) is -1.42. The highest BCUT2D eigenvalue weighted by Gasteiger charge is 2.21. The first-order valence-corrected chi connectivity index (χ1v) is 5.96. The monoisotopic (exact) mass is 253 g/mol. The van der Waals surface area contributed by atoms with Gasteiger partial charge in [0.15, 0.2) is 0 Å². The number of carbonyl (C=O) groups excluding carboxylic acids is 1. The highest BCUT2D eigenvalue weighted by molar-refractivity contribution is 5.97. The molecule has 1 unspecified atom stereocenters. The second kappa shape index (κ2) is 5.66. The van der Waals surface area contributed by atoms with E-state index in [1.54, 1.807) is 18.5 Å². The summed E-state index contributed by atoms with van der Waals surface area (Å²) >= 11 is 0. The van der Waals surface area contributed by atoms with E-state index in [-0.39, 0.29) is 6.04 Å². The van der Waals surface area contributed by atoms with Gasteiger partial charge in [0.2, 0.25) is 0 Å². The Labute approximate surface area is 106 Å². The molecule has 1 amide bonds. The van der Waals surface area contributed by atoms with E-state index in [0.717, 1.165) is 5.69 Å². The Balaban J connectivity index is 2.88. The Morgan fingerprint density at radius 3 is 2.50 bits per heavy atom. The topological polar surface area (TPSA) is 84.2 Å². The lowest BCUT2D eigenvalue weighted by Crippen LogP contribution is -2.40. The molecule has 0 aliphatic carbocycles. The average Bonchev–Trinajstić information content (AvgIpc) is 2.67. The fourth-order valence-corrected chi connectivity index (χ4v) is 1.74. The lowest BCUT2D eigenvalue weighted by Gasteiger charge is -2.12. The summed E-state index contributed by atoms with van der Waals surface area (Å²) < 4.78 is 1.73. The summed E-state index contributed by atoms with van der Waals surface area (Å²) in [6.45, 7) is 7.44. The zero-order valence-electron chi connectivity index (χ0n) is 11.1. The summed E-state index contributed by atoms with van der Waals surface area (Å²) in [5.41, 5.74) is 1.16. The Morgan fingerprint density at radius 2 is 2.11 bits per heavy atom. The molecular formula is C12H19N3O3. The quantitative estimate of drug-likeness (QED) is 0.830. The largest absolute Gasteiger partial charge is 0.480 e. The Kier molecular flexibility index (Phi) is 4.47. The molecule has 0 bridgehead atoms. The van der Waals surface area contributed by atoms with Gasteiger partial charge in [-0.1, -0.05) is 6.92 Å². The van der Waals surface area contributed by atoms with Gasteiger partial charge in [-0.05, 0) is 27.2 Å². The van der Waals surface area contributed by atoms with Crippen molar-refractivity contribution in [2.24, 2.45) is 0 Å². The minimum absolute atomic E-state index is 0.160. The molecule has 0 aromatic carbocycles. The minimum atomic E-state index is -1.03. The first-order valence-electron chi connectivity index (χ1n) is 5.96. The molecule has 1 atom stereocenters. The third kappa shape index (κ3) is 2.88. The highest BCUT2D eigenvalue weighted by atomic mass is 16.4. The van der Waals surface area contributed by atoms with Gasteiger partial charge in [-0.25, -0.2) is 4.79 Å². The second-order valence-corrected chi connectivity index (χ2v) is 4.45. The molecular weight excluding hydrogens is 234 g/mol. The third-order valence-corrected chi connectivity index (χ3v) is 2.79. The number of nitrogens with zero attached hydrogens (tertiary/aromatic N) is 2. The van der Waals surface area contributed by atoms with E-state index in [1.165, 1.54) is 6.20 Å². The fraction of sp³-hybridized carbons (Fsp3) is 0.583. The predicted octanol–water partition coefficient (Wildman–Crippen LogP) is 1.37. The third-order valence-electron chi connectivity index (χ3n) is 2.79. The zero-order chi connectivity index (χ0) is 13.9. The van der Waals surface area contributed by atoms with Crippen molar-refractivity contribution >= 4 is 11.9 Å². The fourth-order valence-electron chi connectivity index (χ4n) is 1.74. The van der Waals surface area contributed by atoms with E-state index in [9.17, 15) is 9.59 Å². The van der Waals surface area contributed by atoms with Crippen molar-refractivity contribution in [3.63, 3.8) is 0 Å². The van der Waals surface area contributed by atoms with Crippen LogP contribution in [0, 0.1) is 6.92 Å². The molecule has 6 nitrogen and oxygen atoms in total. The predicted molar refractivity (Wildman–Crippen MR) is 66.5 cm³/mol. The number of hydrogen-bond donors (Lipinski definition) is 2. The number of aromatic nitrogens is 2. The number of aliphatic carboxylic acids is 1. The molecule has 0 radical (unpaired) electrons. The summed E-state index contributed by atoms with van der Waals surface area (Å²) in [7, 11) is 0. The van der Waals surface area contributed by atoms with Gasteiger partial charge in [0.05, 0.1) is 11.8 Å². The van der Waals surface area contributed by atoms with Crippen molar-refractivity contribution in [1.82, 2.24) is 15.1 Å². The molecule has 1 aromatic heterocycles. The Bertz CT molecular complexity index is 451. The number of hydrogen-bond acceptors (Lipinski definition) is 3. The zero-order valence-corrected chi connectivity index (χ0v) is 11.1. The first kappa shape index (κ1) is 14.2. The van der Waals surface area contributed by atoms with E-state index in [1.807, 2.05) is 13.8 Å². The SMILES string of the molecule is CCC(NC(=O)c1cnn(C(C)C)c1C)C(=O)O. The normalized spacial score (nSPS) is 12.5. The van der Waals surface area contributed by atoms with Crippen molar-refractivity contribution in [1.29, 1.82) is 0 Å². The van der Waals surface area contributed by atoms with Crippen LogP contribution in [0.4, 0.5) is 0 Å². The molecule has 0 spiro atoms.